The molecule has 2 atom stereocenters. The number of hydrogen-bond acceptors (Lipinski definition) is 6. The van der Waals surface area contributed by atoms with Gasteiger partial charge in [0.25, 0.3) is 5.56 Å². The van der Waals surface area contributed by atoms with Gasteiger partial charge >= 0.3 is 5.97 Å². The molecule has 0 amide bonds. The van der Waals surface area contributed by atoms with Crippen molar-refractivity contribution in [3.8, 4) is 0 Å². The maximum atomic E-state index is 12.7. The number of aromatic amines is 1. The fourth-order valence-corrected chi connectivity index (χ4v) is 5.91. The zero-order valence-corrected chi connectivity index (χ0v) is 18.2. The molecular weight excluding hydrogens is 392 g/mol. The number of nitrogens with one attached hydrogen (secondary N) is 1. The summed E-state index contributed by atoms with van der Waals surface area (Å²) in [5, 5.41) is 0.626. The lowest BCUT2D eigenvalue weighted by Crippen LogP contribution is -2.17. The number of aromatic nitrogens is 2. The summed E-state index contributed by atoms with van der Waals surface area (Å²) in [5.74, 6) is 0.754. The van der Waals surface area contributed by atoms with E-state index in [4.69, 9.17) is 4.74 Å². The summed E-state index contributed by atoms with van der Waals surface area (Å²) >= 11 is 3.03. The second-order valence-electron chi connectivity index (χ2n) is 7.54. The molecule has 1 N–H and O–H groups in total. The number of nitrogens with zero attached hydrogens (tertiary/aromatic N) is 1. The van der Waals surface area contributed by atoms with Crippen LogP contribution in [0.3, 0.4) is 0 Å². The quantitative estimate of drug-likeness (QED) is 0.601. The van der Waals surface area contributed by atoms with Gasteiger partial charge in [0.1, 0.15) is 9.71 Å². The van der Waals surface area contributed by atoms with Crippen LogP contribution in [0.25, 0.3) is 10.2 Å². The zero-order valence-electron chi connectivity index (χ0n) is 16.5. The van der Waals surface area contributed by atoms with Gasteiger partial charge in [-0.05, 0) is 63.1 Å². The lowest BCUT2D eigenvalue weighted by atomic mass is 9.87. The Morgan fingerprint density at radius 2 is 2.18 bits per heavy atom. The molecule has 0 saturated carbocycles. The second-order valence-corrected chi connectivity index (χ2v) is 9.88. The van der Waals surface area contributed by atoms with Crippen LogP contribution in [0.15, 0.2) is 10.9 Å². The summed E-state index contributed by atoms with van der Waals surface area (Å²) in [7, 11) is 0. The van der Waals surface area contributed by atoms with Crippen molar-refractivity contribution < 1.29 is 9.53 Å². The standard InChI is InChI=1S/C21H24N2O3S2/c1-5-13-6-7-15-14(8-13)9-16(28-15)21(25)26-11(3)18-22-19(24)17-10(2)12(4)27-20(17)23-18/h9,11,13H,5-8H2,1-4H3,(H,22,23,24)/t11-,13+/m0/s1. The fourth-order valence-electron chi connectivity index (χ4n) is 3.79. The van der Waals surface area contributed by atoms with Crippen molar-refractivity contribution in [3.05, 3.63) is 48.0 Å². The van der Waals surface area contributed by atoms with Crippen molar-refractivity contribution in [2.24, 2.45) is 5.92 Å². The number of H-pyrrole nitrogens is 1. The highest BCUT2D eigenvalue weighted by atomic mass is 32.1. The average Bonchev–Trinajstić information content (AvgIpc) is 3.22. The molecule has 0 aliphatic heterocycles. The summed E-state index contributed by atoms with van der Waals surface area (Å²) in [4.78, 5) is 36.2. The third kappa shape index (κ3) is 3.42. The SMILES string of the molecule is CC[C@@H]1CCc2sc(C(=O)O[C@@H](C)c3nc4sc(C)c(C)c4c(=O)[nH]3)cc2C1. The van der Waals surface area contributed by atoms with Crippen molar-refractivity contribution in [1.29, 1.82) is 0 Å². The predicted molar refractivity (Wildman–Crippen MR) is 114 cm³/mol. The first-order valence-corrected chi connectivity index (χ1v) is 11.3. The fraction of sp³-hybridized carbons (Fsp3) is 0.476. The molecule has 0 radical (unpaired) electrons. The molecule has 3 aromatic heterocycles. The van der Waals surface area contributed by atoms with Gasteiger partial charge in [0, 0.05) is 9.75 Å². The Kier molecular flexibility index (Phi) is 5.14. The number of carbonyl (C=O) groups excluding carboxylic acids is 1. The summed E-state index contributed by atoms with van der Waals surface area (Å²) in [6, 6.07) is 1.99. The first-order valence-electron chi connectivity index (χ1n) is 9.69. The van der Waals surface area contributed by atoms with Crippen molar-refractivity contribution in [2.75, 3.05) is 0 Å². The van der Waals surface area contributed by atoms with E-state index < -0.39 is 6.10 Å². The molecule has 0 saturated heterocycles. The molecule has 1 aliphatic rings. The molecule has 0 fully saturated rings. The van der Waals surface area contributed by atoms with Gasteiger partial charge in [0.2, 0.25) is 0 Å². The second kappa shape index (κ2) is 7.44. The van der Waals surface area contributed by atoms with Crippen molar-refractivity contribution in [2.45, 2.75) is 59.5 Å². The molecule has 5 nitrogen and oxygen atoms in total. The van der Waals surface area contributed by atoms with Crippen LogP contribution in [0.5, 0.6) is 0 Å². The van der Waals surface area contributed by atoms with Crippen molar-refractivity contribution in [3.63, 3.8) is 0 Å². The Bertz CT molecular complexity index is 1110. The van der Waals surface area contributed by atoms with Gasteiger partial charge in [-0.15, -0.1) is 22.7 Å². The third-order valence-electron chi connectivity index (χ3n) is 5.69. The number of hydrogen-bond donors (Lipinski definition) is 1. The Hall–Kier alpha value is -1.99. The number of carbonyl (C=O) groups is 1. The largest absolute Gasteiger partial charge is 0.450 e. The van der Waals surface area contributed by atoms with E-state index in [-0.39, 0.29) is 11.5 Å². The van der Waals surface area contributed by atoms with Crippen LogP contribution in [0.1, 0.15) is 69.2 Å². The number of fused-ring (bicyclic) bond motifs is 2. The first-order chi connectivity index (χ1) is 13.4. The Morgan fingerprint density at radius 3 is 2.93 bits per heavy atom. The molecule has 4 rings (SSSR count). The van der Waals surface area contributed by atoms with Crippen molar-refractivity contribution in [1.82, 2.24) is 9.97 Å². The number of ether oxygens (including phenoxy) is 1. The number of esters is 1. The molecule has 148 valence electrons. The van der Waals surface area contributed by atoms with E-state index in [9.17, 15) is 9.59 Å². The van der Waals surface area contributed by atoms with Gasteiger partial charge in [-0.2, -0.15) is 0 Å². The van der Waals surface area contributed by atoms with E-state index in [1.54, 1.807) is 6.92 Å². The van der Waals surface area contributed by atoms with Gasteiger partial charge in [0.15, 0.2) is 11.9 Å². The minimum atomic E-state index is -0.616. The van der Waals surface area contributed by atoms with Gasteiger partial charge < -0.3 is 9.72 Å². The highest BCUT2D eigenvalue weighted by molar-refractivity contribution is 7.18. The van der Waals surface area contributed by atoms with Crippen LogP contribution >= 0.6 is 22.7 Å². The molecule has 0 aromatic carbocycles. The normalized spacial score (nSPS) is 17.5. The highest BCUT2D eigenvalue weighted by Crippen LogP contribution is 2.34. The minimum absolute atomic E-state index is 0.179. The van der Waals surface area contributed by atoms with Crippen LogP contribution in [-0.4, -0.2) is 15.9 Å². The summed E-state index contributed by atoms with van der Waals surface area (Å²) in [6.07, 6.45) is 3.85. The number of rotatable bonds is 4. The summed E-state index contributed by atoms with van der Waals surface area (Å²) in [6.45, 7) is 7.87. The average molecular weight is 417 g/mol. The molecule has 28 heavy (non-hydrogen) atoms. The van der Waals surface area contributed by atoms with Crippen LogP contribution in [0.2, 0.25) is 0 Å². The van der Waals surface area contributed by atoms with E-state index in [1.165, 1.54) is 46.0 Å². The first kappa shape index (κ1) is 19.3. The van der Waals surface area contributed by atoms with E-state index >= 15 is 0 Å². The molecule has 0 spiro atoms. The molecule has 1 aliphatic carbocycles. The topological polar surface area (TPSA) is 72.0 Å². The maximum absolute atomic E-state index is 12.7. The van der Waals surface area contributed by atoms with Gasteiger partial charge in [-0.1, -0.05) is 13.3 Å². The molecule has 3 aromatic rings. The molecule has 7 heteroatoms. The van der Waals surface area contributed by atoms with E-state index in [1.807, 2.05) is 19.9 Å². The van der Waals surface area contributed by atoms with Crippen molar-refractivity contribution >= 4 is 38.9 Å². The predicted octanol–water partition coefficient (Wildman–Crippen LogP) is 5.10. The van der Waals surface area contributed by atoms with Gasteiger partial charge in [-0.3, -0.25) is 4.79 Å². The minimum Gasteiger partial charge on any atom is -0.450 e. The third-order valence-corrected chi connectivity index (χ3v) is 8.01. The monoisotopic (exact) mass is 416 g/mol. The Morgan fingerprint density at radius 1 is 1.39 bits per heavy atom. The van der Waals surface area contributed by atoms with Crippen LogP contribution < -0.4 is 5.56 Å². The Labute approximate surface area is 171 Å². The zero-order chi connectivity index (χ0) is 20.0. The van der Waals surface area contributed by atoms with E-state index in [0.29, 0.717) is 26.8 Å². The maximum Gasteiger partial charge on any atom is 0.349 e. The van der Waals surface area contributed by atoms with Gasteiger partial charge in [0.05, 0.1) is 5.39 Å². The van der Waals surface area contributed by atoms with Crippen LogP contribution in [0.4, 0.5) is 0 Å². The van der Waals surface area contributed by atoms with E-state index in [0.717, 1.165) is 23.3 Å². The number of thiophene rings is 2. The summed E-state index contributed by atoms with van der Waals surface area (Å²) < 4.78 is 5.64. The molecule has 3 heterocycles. The Balaban J connectivity index is 1.55. The molecule has 0 unspecified atom stereocenters. The van der Waals surface area contributed by atoms with Gasteiger partial charge in [-0.25, -0.2) is 9.78 Å². The number of aryl methyl sites for hydroxylation is 3. The van der Waals surface area contributed by atoms with Crippen LogP contribution in [0, 0.1) is 19.8 Å². The van der Waals surface area contributed by atoms with Crippen LogP contribution in [-0.2, 0) is 17.6 Å². The molecule has 0 bridgehead atoms. The lowest BCUT2D eigenvalue weighted by Gasteiger charge is -2.19. The summed E-state index contributed by atoms with van der Waals surface area (Å²) in [5.41, 5.74) is 2.07. The van der Waals surface area contributed by atoms with E-state index in [2.05, 4.69) is 16.9 Å². The smallest absolute Gasteiger partial charge is 0.349 e. The highest BCUT2D eigenvalue weighted by Gasteiger charge is 2.24. The molecular formula is C21H24N2O3S2. The lowest BCUT2D eigenvalue weighted by molar-refractivity contribution is 0.0326.